The number of aromatic nitrogens is 2. The van der Waals surface area contributed by atoms with Gasteiger partial charge >= 0.3 is 5.97 Å². The molecular weight excluding hydrogens is 466 g/mol. The normalized spacial score (nSPS) is 17.2. The van der Waals surface area contributed by atoms with Crippen molar-refractivity contribution >= 4 is 56.5 Å². The molecule has 2 aromatic heterocycles. The van der Waals surface area contributed by atoms with Gasteiger partial charge < -0.3 is 15.0 Å². The molecule has 9 nitrogen and oxygen atoms in total. The van der Waals surface area contributed by atoms with Gasteiger partial charge in [-0.2, -0.15) is 0 Å². The molecule has 182 valence electrons. The highest BCUT2D eigenvalue weighted by molar-refractivity contribution is 7.18. The van der Waals surface area contributed by atoms with Crippen molar-refractivity contribution in [2.45, 2.75) is 39.7 Å². The Morgan fingerprint density at radius 1 is 1.17 bits per heavy atom. The van der Waals surface area contributed by atoms with Gasteiger partial charge in [0, 0.05) is 18.0 Å². The number of fused-ring (bicyclic) bond motifs is 2. The number of nitrogens with zero attached hydrogens (tertiary/aromatic N) is 4. The number of rotatable bonds is 4. The summed E-state index contributed by atoms with van der Waals surface area (Å²) in [5, 5.41) is 3.84. The first-order valence-corrected chi connectivity index (χ1v) is 12.5. The summed E-state index contributed by atoms with van der Waals surface area (Å²) in [5.74, 6) is -0.450. The van der Waals surface area contributed by atoms with Gasteiger partial charge in [0.25, 0.3) is 5.91 Å². The number of para-hydroxylation sites is 2. The van der Waals surface area contributed by atoms with Crippen molar-refractivity contribution in [3.63, 3.8) is 0 Å². The summed E-state index contributed by atoms with van der Waals surface area (Å²) < 4.78 is 5.58. The first kappa shape index (κ1) is 23.2. The Labute approximate surface area is 207 Å². The third-order valence-corrected chi connectivity index (χ3v) is 7.87. The van der Waals surface area contributed by atoms with E-state index in [2.05, 4.69) is 34.0 Å². The molecule has 1 saturated heterocycles. The summed E-state index contributed by atoms with van der Waals surface area (Å²) >= 11 is 1.67. The molecule has 10 heteroatoms. The first-order chi connectivity index (χ1) is 16.8. The molecule has 1 aromatic carbocycles. The second-order valence-electron chi connectivity index (χ2n) is 8.99. The monoisotopic (exact) mass is 493 g/mol. The van der Waals surface area contributed by atoms with Gasteiger partial charge in [-0.1, -0.05) is 12.1 Å². The number of esters is 1. The minimum Gasteiger partial charge on any atom is -0.452 e. The molecule has 0 saturated carbocycles. The van der Waals surface area contributed by atoms with Crippen molar-refractivity contribution in [3.8, 4) is 0 Å². The van der Waals surface area contributed by atoms with Gasteiger partial charge in [0.1, 0.15) is 23.5 Å². The van der Waals surface area contributed by atoms with Crippen LogP contribution in [0.15, 0.2) is 30.6 Å². The van der Waals surface area contributed by atoms with E-state index in [-0.39, 0.29) is 24.3 Å². The van der Waals surface area contributed by atoms with E-state index in [0.717, 1.165) is 16.0 Å². The van der Waals surface area contributed by atoms with Crippen molar-refractivity contribution in [1.29, 1.82) is 0 Å². The lowest BCUT2D eigenvalue weighted by Gasteiger charge is -2.33. The molecule has 2 amide bonds. The summed E-state index contributed by atoms with van der Waals surface area (Å²) in [5.41, 5.74) is 2.36. The molecule has 5 rings (SSSR count). The van der Waals surface area contributed by atoms with E-state index in [1.165, 1.54) is 15.3 Å². The number of carbonyl (C=O) groups excluding carboxylic acids is 3. The molecule has 1 atom stereocenters. The lowest BCUT2D eigenvalue weighted by atomic mass is 9.96. The standard InChI is InChI=1S/C25H27N5O4S/c1-14-16(3)35-23-21(14)22(26-13-27-23)29-10-8-17(9-11-29)25(33)34-15(2)24(32)30-12-20(31)28-18-6-4-5-7-19(18)30/h4-7,13,15,17H,8-12H2,1-3H3,(H,28,31)/t15-/m0/s1. The number of ether oxygens (including phenoxy) is 1. The number of anilines is 3. The number of hydrogen-bond acceptors (Lipinski definition) is 8. The maximum atomic E-state index is 13.1. The summed E-state index contributed by atoms with van der Waals surface area (Å²) in [6, 6.07) is 7.08. The first-order valence-electron chi connectivity index (χ1n) is 11.7. The van der Waals surface area contributed by atoms with Gasteiger partial charge in [-0.15, -0.1) is 11.3 Å². The van der Waals surface area contributed by atoms with Crippen LogP contribution < -0.4 is 15.1 Å². The van der Waals surface area contributed by atoms with Gasteiger partial charge in [-0.3, -0.25) is 19.3 Å². The Kier molecular flexibility index (Phi) is 6.14. The summed E-state index contributed by atoms with van der Waals surface area (Å²) in [6.07, 6.45) is 1.84. The van der Waals surface area contributed by atoms with Crippen molar-refractivity contribution in [1.82, 2.24) is 9.97 Å². The van der Waals surface area contributed by atoms with Crippen molar-refractivity contribution in [2.24, 2.45) is 5.92 Å². The van der Waals surface area contributed by atoms with Gasteiger partial charge in [0.05, 0.1) is 22.7 Å². The Bertz CT molecular complexity index is 1310. The lowest BCUT2D eigenvalue weighted by molar-refractivity contribution is -0.158. The predicted molar refractivity (Wildman–Crippen MR) is 135 cm³/mol. The Balaban J connectivity index is 1.22. The minimum atomic E-state index is -0.989. The summed E-state index contributed by atoms with van der Waals surface area (Å²) in [7, 11) is 0. The van der Waals surface area contributed by atoms with E-state index >= 15 is 0 Å². The fraction of sp³-hybridized carbons (Fsp3) is 0.400. The van der Waals surface area contributed by atoms with Crippen LogP contribution in [0.2, 0.25) is 0 Å². The van der Waals surface area contributed by atoms with E-state index in [1.54, 1.807) is 48.9 Å². The maximum absolute atomic E-state index is 13.1. The molecular formula is C25H27N5O4S. The smallest absolute Gasteiger partial charge is 0.309 e. The molecule has 35 heavy (non-hydrogen) atoms. The molecule has 1 N–H and O–H groups in total. The van der Waals surface area contributed by atoms with E-state index in [9.17, 15) is 14.4 Å². The number of benzene rings is 1. The number of nitrogens with one attached hydrogen (secondary N) is 1. The highest BCUT2D eigenvalue weighted by Crippen LogP contribution is 2.36. The highest BCUT2D eigenvalue weighted by Gasteiger charge is 2.34. The average molecular weight is 494 g/mol. The largest absolute Gasteiger partial charge is 0.452 e. The van der Waals surface area contributed by atoms with Crippen molar-refractivity contribution < 1.29 is 19.1 Å². The molecule has 2 aliphatic heterocycles. The molecule has 4 heterocycles. The Morgan fingerprint density at radius 3 is 2.69 bits per heavy atom. The van der Waals surface area contributed by atoms with Gasteiger partial charge in [-0.05, 0) is 51.3 Å². The van der Waals surface area contributed by atoms with Crippen molar-refractivity contribution in [2.75, 3.05) is 34.8 Å². The lowest BCUT2D eigenvalue weighted by Crippen LogP contribution is -2.47. The van der Waals surface area contributed by atoms with Gasteiger partial charge in [0.15, 0.2) is 6.10 Å². The second-order valence-corrected chi connectivity index (χ2v) is 10.2. The number of carbonyl (C=O) groups is 3. The maximum Gasteiger partial charge on any atom is 0.309 e. The predicted octanol–water partition coefficient (Wildman–Crippen LogP) is 3.44. The average Bonchev–Trinajstić information content (AvgIpc) is 3.16. The van der Waals surface area contributed by atoms with Crippen LogP contribution in [-0.2, 0) is 19.1 Å². The fourth-order valence-corrected chi connectivity index (χ4v) is 5.69. The third-order valence-electron chi connectivity index (χ3n) is 6.75. The highest BCUT2D eigenvalue weighted by atomic mass is 32.1. The van der Waals surface area contributed by atoms with Crippen LogP contribution >= 0.6 is 11.3 Å². The molecule has 0 bridgehead atoms. The van der Waals surface area contributed by atoms with Crippen LogP contribution in [-0.4, -0.2) is 53.5 Å². The number of thiophene rings is 1. The number of piperidine rings is 1. The van der Waals surface area contributed by atoms with Gasteiger partial charge in [-0.25, -0.2) is 9.97 Å². The van der Waals surface area contributed by atoms with E-state index in [0.29, 0.717) is 37.3 Å². The second kappa shape index (κ2) is 9.26. The van der Waals surface area contributed by atoms with Crippen LogP contribution in [0.3, 0.4) is 0 Å². The van der Waals surface area contributed by atoms with E-state index in [1.807, 2.05) is 0 Å². The molecule has 0 aliphatic carbocycles. The van der Waals surface area contributed by atoms with E-state index < -0.39 is 12.0 Å². The van der Waals surface area contributed by atoms with Crippen LogP contribution in [0.5, 0.6) is 0 Å². The zero-order valence-corrected chi connectivity index (χ0v) is 20.7. The Morgan fingerprint density at radius 2 is 1.91 bits per heavy atom. The molecule has 1 fully saturated rings. The molecule has 0 unspecified atom stereocenters. The fourth-order valence-electron chi connectivity index (χ4n) is 4.70. The zero-order valence-electron chi connectivity index (χ0n) is 19.9. The SMILES string of the molecule is Cc1sc2ncnc(N3CCC(C(=O)O[C@@H](C)C(=O)N4CC(=O)Nc5ccccc54)CC3)c2c1C. The number of aryl methyl sites for hydroxylation is 2. The van der Waals surface area contributed by atoms with Crippen LogP contribution in [0, 0.1) is 19.8 Å². The van der Waals surface area contributed by atoms with Gasteiger partial charge in [0.2, 0.25) is 5.91 Å². The van der Waals surface area contributed by atoms with E-state index in [4.69, 9.17) is 4.74 Å². The van der Waals surface area contributed by atoms with Crippen LogP contribution in [0.1, 0.15) is 30.2 Å². The summed E-state index contributed by atoms with van der Waals surface area (Å²) in [6.45, 7) is 6.97. The zero-order chi connectivity index (χ0) is 24.7. The molecule has 2 aliphatic rings. The number of amides is 2. The van der Waals surface area contributed by atoms with Crippen LogP contribution in [0.4, 0.5) is 17.2 Å². The quantitative estimate of drug-likeness (QED) is 0.555. The minimum absolute atomic E-state index is 0.106. The summed E-state index contributed by atoms with van der Waals surface area (Å²) in [4.78, 5) is 52.8. The molecule has 0 radical (unpaired) electrons. The molecule has 0 spiro atoms. The Hall–Kier alpha value is -3.53. The third kappa shape index (κ3) is 4.34. The molecule has 3 aromatic rings. The topological polar surface area (TPSA) is 105 Å². The van der Waals surface area contributed by atoms with Crippen LogP contribution in [0.25, 0.3) is 10.2 Å². The number of hydrogen-bond donors (Lipinski definition) is 1. The van der Waals surface area contributed by atoms with Crippen molar-refractivity contribution in [3.05, 3.63) is 41.0 Å².